The van der Waals surface area contributed by atoms with Gasteiger partial charge in [0.2, 0.25) is 11.8 Å². The maximum atomic E-state index is 13.0. The lowest BCUT2D eigenvalue weighted by Gasteiger charge is -2.19. The van der Waals surface area contributed by atoms with Crippen LogP contribution >= 0.6 is 0 Å². The second-order valence-electron chi connectivity index (χ2n) is 7.74. The van der Waals surface area contributed by atoms with Gasteiger partial charge >= 0.3 is 0 Å². The second-order valence-corrected chi connectivity index (χ2v) is 7.74. The Morgan fingerprint density at radius 2 is 1.74 bits per heavy atom. The lowest BCUT2D eigenvalue weighted by atomic mass is 10.0. The smallest absolute Gasteiger partial charge is 0.239 e. The number of benzene rings is 3. The largest absolute Gasteiger partial charge is 0.489 e. The van der Waals surface area contributed by atoms with E-state index in [0.717, 1.165) is 16.8 Å². The average Bonchev–Trinajstić information content (AvgIpc) is 3.20. The summed E-state index contributed by atoms with van der Waals surface area (Å²) >= 11 is 0. The highest BCUT2D eigenvalue weighted by Crippen LogP contribution is 2.29. The predicted octanol–water partition coefficient (Wildman–Crippen LogP) is 4.50. The van der Waals surface area contributed by atoms with E-state index in [0.29, 0.717) is 25.3 Å². The first-order chi connectivity index (χ1) is 15.1. The minimum Gasteiger partial charge on any atom is -0.489 e. The van der Waals surface area contributed by atoms with E-state index in [1.807, 2.05) is 91.9 Å². The van der Waals surface area contributed by atoms with E-state index in [4.69, 9.17) is 4.74 Å². The normalized spacial score (nSPS) is 16.7. The van der Waals surface area contributed by atoms with Crippen LogP contribution in [0.1, 0.15) is 30.5 Å². The summed E-state index contributed by atoms with van der Waals surface area (Å²) in [5.74, 6) is -0.363. The zero-order valence-electron chi connectivity index (χ0n) is 17.5. The zero-order valence-corrected chi connectivity index (χ0v) is 17.5. The predicted molar refractivity (Wildman–Crippen MR) is 121 cm³/mol. The fourth-order valence-corrected chi connectivity index (χ4v) is 3.80. The van der Waals surface area contributed by atoms with E-state index in [-0.39, 0.29) is 17.9 Å². The molecule has 1 aliphatic rings. The molecule has 31 heavy (non-hydrogen) atoms. The van der Waals surface area contributed by atoms with Crippen LogP contribution in [0, 0.1) is 5.92 Å². The number of ether oxygens (including phenoxy) is 1. The number of nitrogens with zero attached hydrogens (tertiary/aromatic N) is 1. The van der Waals surface area contributed by atoms with Gasteiger partial charge in [-0.2, -0.15) is 0 Å². The molecule has 158 valence electrons. The van der Waals surface area contributed by atoms with Gasteiger partial charge in [0.25, 0.3) is 0 Å². The molecule has 3 aromatic carbocycles. The van der Waals surface area contributed by atoms with Crippen LogP contribution in [-0.4, -0.2) is 18.4 Å². The van der Waals surface area contributed by atoms with Crippen molar-refractivity contribution in [3.63, 3.8) is 0 Å². The number of amides is 2. The molecule has 1 saturated heterocycles. The number of rotatable bonds is 7. The summed E-state index contributed by atoms with van der Waals surface area (Å²) in [6.45, 7) is 2.90. The van der Waals surface area contributed by atoms with Crippen molar-refractivity contribution in [3.05, 3.63) is 96.1 Å². The summed E-state index contributed by atoms with van der Waals surface area (Å²) in [4.78, 5) is 27.4. The molecule has 0 bridgehead atoms. The van der Waals surface area contributed by atoms with Crippen LogP contribution in [0.25, 0.3) is 0 Å². The molecule has 0 aromatic heterocycles. The van der Waals surface area contributed by atoms with E-state index < -0.39 is 5.92 Å². The van der Waals surface area contributed by atoms with Crippen molar-refractivity contribution in [2.45, 2.75) is 26.0 Å². The van der Waals surface area contributed by atoms with Crippen molar-refractivity contribution < 1.29 is 14.3 Å². The summed E-state index contributed by atoms with van der Waals surface area (Å²) < 4.78 is 5.89. The Labute approximate surface area is 182 Å². The molecule has 5 nitrogen and oxygen atoms in total. The van der Waals surface area contributed by atoms with Crippen molar-refractivity contribution in [2.75, 3.05) is 11.4 Å². The van der Waals surface area contributed by atoms with Gasteiger partial charge in [0, 0.05) is 18.3 Å². The van der Waals surface area contributed by atoms with Gasteiger partial charge in [0.15, 0.2) is 0 Å². The number of hydrogen-bond donors (Lipinski definition) is 1. The maximum Gasteiger partial charge on any atom is 0.239 e. The monoisotopic (exact) mass is 414 g/mol. The van der Waals surface area contributed by atoms with Crippen LogP contribution in [0.2, 0.25) is 0 Å². The summed E-state index contributed by atoms with van der Waals surface area (Å²) in [5, 5.41) is 2.98. The standard InChI is InChI=1S/C26H26N2O3/c1-19(21-11-6-3-7-12-21)27-25(29)24-15-16-28(26(24)30)22-13-8-14-23(17-22)31-18-20-9-4-2-5-10-20/h2-14,17,19,24H,15-16,18H2,1H3,(H,27,29). The highest BCUT2D eigenvalue weighted by molar-refractivity contribution is 6.09. The Kier molecular flexibility index (Phi) is 6.32. The van der Waals surface area contributed by atoms with Crippen molar-refractivity contribution in [1.82, 2.24) is 5.32 Å². The Bertz CT molecular complexity index is 1040. The van der Waals surface area contributed by atoms with Gasteiger partial charge in [-0.3, -0.25) is 9.59 Å². The van der Waals surface area contributed by atoms with E-state index in [1.165, 1.54) is 0 Å². The van der Waals surface area contributed by atoms with E-state index in [2.05, 4.69) is 5.32 Å². The minimum atomic E-state index is -0.667. The molecule has 1 fully saturated rings. The lowest BCUT2D eigenvalue weighted by molar-refractivity contribution is -0.132. The van der Waals surface area contributed by atoms with Gasteiger partial charge in [0.05, 0.1) is 6.04 Å². The maximum absolute atomic E-state index is 13.0. The fourth-order valence-electron chi connectivity index (χ4n) is 3.80. The Balaban J connectivity index is 1.39. The number of carbonyl (C=O) groups is 2. The van der Waals surface area contributed by atoms with E-state index >= 15 is 0 Å². The van der Waals surface area contributed by atoms with Gasteiger partial charge in [-0.15, -0.1) is 0 Å². The molecule has 5 heteroatoms. The molecule has 3 aromatic rings. The number of anilines is 1. The molecule has 4 rings (SSSR count). The van der Waals surface area contributed by atoms with Crippen molar-refractivity contribution in [2.24, 2.45) is 5.92 Å². The third kappa shape index (κ3) is 4.94. The lowest BCUT2D eigenvalue weighted by Crippen LogP contribution is -2.38. The number of carbonyl (C=O) groups excluding carboxylic acids is 2. The van der Waals surface area contributed by atoms with Gasteiger partial charge in [-0.05, 0) is 36.6 Å². The Morgan fingerprint density at radius 3 is 2.48 bits per heavy atom. The molecule has 1 N–H and O–H groups in total. The zero-order chi connectivity index (χ0) is 21.6. The number of nitrogens with one attached hydrogen (secondary N) is 1. The molecule has 2 unspecified atom stereocenters. The Morgan fingerprint density at radius 1 is 1.03 bits per heavy atom. The molecule has 0 saturated carbocycles. The average molecular weight is 415 g/mol. The first-order valence-electron chi connectivity index (χ1n) is 10.6. The van der Waals surface area contributed by atoms with Crippen molar-refractivity contribution >= 4 is 17.5 Å². The summed E-state index contributed by atoms with van der Waals surface area (Å²) in [6, 6.07) is 27.0. The van der Waals surface area contributed by atoms with Gasteiger partial charge in [0.1, 0.15) is 18.3 Å². The summed E-state index contributed by atoms with van der Waals surface area (Å²) in [5.41, 5.74) is 2.85. The second kappa shape index (κ2) is 9.47. The molecular formula is C26H26N2O3. The van der Waals surface area contributed by atoms with Crippen LogP contribution in [0.3, 0.4) is 0 Å². The number of hydrogen-bond acceptors (Lipinski definition) is 3. The third-order valence-corrected chi connectivity index (χ3v) is 5.56. The van der Waals surface area contributed by atoms with Crippen LogP contribution in [-0.2, 0) is 16.2 Å². The Hall–Kier alpha value is -3.60. The van der Waals surface area contributed by atoms with Gasteiger partial charge < -0.3 is 15.0 Å². The highest BCUT2D eigenvalue weighted by atomic mass is 16.5. The third-order valence-electron chi connectivity index (χ3n) is 5.56. The fraction of sp³-hybridized carbons (Fsp3) is 0.231. The van der Waals surface area contributed by atoms with Gasteiger partial charge in [-0.25, -0.2) is 0 Å². The minimum absolute atomic E-state index is 0.148. The molecule has 1 aliphatic heterocycles. The summed E-state index contributed by atoms with van der Waals surface area (Å²) in [6.07, 6.45) is 0.501. The first kappa shape index (κ1) is 20.7. The van der Waals surface area contributed by atoms with Crippen LogP contribution in [0.5, 0.6) is 5.75 Å². The topological polar surface area (TPSA) is 58.6 Å². The van der Waals surface area contributed by atoms with E-state index in [9.17, 15) is 9.59 Å². The quantitative estimate of drug-likeness (QED) is 0.579. The molecular weight excluding hydrogens is 388 g/mol. The first-order valence-corrected chi connectivity index (χ1v) is 10.6. The van der Waals surface area contributed by atoms with E-state index in [1.54, 1.807) is 4.90 Å². The summed E-state index contributed by atoms with van der Waals surface area (Å²) in [7, 11) is 0. The molecule has 0 spiro atoms. The van der Waals surface area contributed by atoms with Gasteiger partial charge in [-0.1, -0.05) is 66.7 Å². The molecule has 2 atom stereocenters. The molecule has 2 amide bonds. The SMILES string of the molecule is CC(NC(=O)C1CCN(c2cccc(OCc3ccccc3)c2)C1=O)c1ccccc1. The highest BCUT2D eigenvalue weighted by Gasteiger charge is 2.38. The molecule has 0 aliphatic carbocycles. The van der Waals surface area contributed by atoms with Crippen LogP contribution < -0.4 is 15.0 Å². The molecule has 0 radical (unpaired) electrons. The van der Waals surface area contributed by atoms with Crippen LogP contribution in [0.4, 0.5) is 5.69 Å². The van der Waals surface area contributed by atoms with Crippen molar-refractivity contribution in [1.29, 1.82) is 0 Å². The van der Waals surface area contributed by atoms with Crippen molar-refractivity contribution in [3.8, 4) is 5.75 Å². The van der Waals surface area contributed by atoms with Crippen LogP contribution in [0.15, 0.2) is 84.9 Å². The molecule has 1 heterocycles.